The summed E-state index contributed by atoms with van der Waals surface area (Å²) in [6.45, 7) is 0. The Morgan fingerprint density at radius 2 is 1.32 bits per heavy atom. The maximum atomic E-state index is 12.4. The van der Waals surface area contributed by atoms with Crippen molar-refractivity contribution in [2.24, 2.45) is 0 Å². The molecule has 1 heterocycles. The molecule has 1 fully saturated rings. The molecule has 3 rings (SSSR count). The molecule has 1 aliphatic heterocycles. The Labute approximate surface area is 145 Å². The van der Waals surface area contributed by atoms with Crippen LogP contribution in [0.3, 0.4) is 0 Å². The summed E-state index contributed by atoms with van der Waals surface area (Å²) in [5.41, 5.74) is 1.92. The minimum atomic E-state index is -0.355. The molecule has 2 atom stereocenters. The fraction of sp³-hybridized carbons (Fsp3) is 0.176. The molecule has 0 spiro atoms. The highest BCUT2D eigenvalue weighted by atomic mass is 79.9. The van der Waals surface area contributed by atoms with Crippen molar-refractivity contribution in [1.82, 2.24) is 5.32 Å². The SMILES string of the molecule is O=C1CC(c2ccc(Br)cc2)C(c2ccc(Br)cc2)C(=O)N1. The van der Waals surface area contributed by atoms with E-state index in [1.54, 1.807) is 0 Å². The highest BCUT2D eigenvalue weighted by molar-refractivity contribution is 9.10. The van der Waals surface area contributed by atoms with Gasteiger partial charge < -0.3 is 0 Å². The zero-order chi connectivity index (χ0) is 15.7. The Hall–Kier alpha value is -1.46. The summed E-state index contributed by atoms with van der Waals surface area (Å²) in [5.74, 6) is -0.944. The highest BCUT2D eigenvalue weighted by Gasteiger charge is 2.37. The molecule has 2 amide bonds. The van der Waals surface area contributed by atoms with Crippen LogP contribution in [0, 0.1) is 0 Å². The van der Waals surface area contributed by atoms with Gasteiger partial charge in [-0.25, -0.2) is 0 Å². The summed E-state index contributed by atoms with van der Waals surface area (Å²) in [6.07, 6.45) is 0.314. The number of piperidine rings is 1. The molecule has 0 saturated carbocycles. The summed E-state index contributed by atoms with van der Waals surface area (Å²) in [5, 5.41) is 2.45. The molecular formula is C17H13Br2NO2. The molecule has 112 valence electrons. The predicted octanol–water partition coefficient (Wildman–Crippen LogP) is 4.13. The lowest BCUT2D eigenvalue weighted by molar-refractivity contribution is -0.135. The number of hydrogen-bond donors (Lipinski definition) is 1. The van der Waals surface area contributed by atoms with Gasteiger partial charge in [-0.1, -0.05) is 56.1 Å². The molecule has 0 aliphatic carbocycles. The first-order chi connectivity index (χ1) is 10.5. The molecule has 0 radical (unpaired) electrons. The third kappa shape index (κ3) is 3.15. The summed E-state index contributed by atoms with van der Waals surface area (Å²) in [6, 6.07) is 15.5. The Morgan fingerprint density at radius 1 is 0.818 bits per heavy atom. The quantitative estimate of drug-likeness (QED) is 0.739. The molecule has 0 bridgehead atoms. The normalized spacial score (nSPS) is 21.5. The van der Waals surface area contributed by atoms with Crippen LogP contribution in [0.25, 0.3) is 0 Å². The van der Waals surface area contributed by atoms with Crippen molar-refractivity contribution in [2.75, 3.05) is 0 Å². The van der Waals surface area contributed by atoms with E-state index < -0.39 is 0 Å². The van der Waals surface area contributed by atoms with Crippen LogP contribution in [0.15, 0.2) is 57.5 Å². The van der Waals surface area contributed by atoms with E-state index in [1.807, 2.05) is 48.5 Å². The number of halogens is 2. The van der Waals surface area contributed by atoms with Gasteiger partial charge in [0.25, 0.3) is 0 Å². The second-order valence-electron chi connectivity index (χ2n) is 5.30. The average Bonchev–Trinajstić information content (AvgIpc) is 2.49. The Bertz CT molecular complexity index is 710. The topological polar surface area (TPSA) is 46.2 Å². The minimum absolute atomic E-state index is 0.143. The van der Waals surface area contributed by atoms with Gasteiger partial charge >= 0.3 is 0 Å². The Balaban J connectivity index is 2.02. The van der Waals surface area contributed by atoms with Gasteiger partial charge in [0.1, 0.15) is 0 Å². The van der Waals surface area contributed by atoms with E-state index in [-0.39, 0.29) is 23.7 Å². The van der Waals surface area contributed by atoms with Gasteiger partial charge in [0.15, 0.2) is 0 Å². The van der Waals surface area contributed by atoms with Crippen LogP contribution in [0.5, 0.6) is 0 Å². The van der Waals surface area contributed by atoms with Crippen molar-refractivity contribution in [3.8, 4) is 0 Å². The van der Waals surface area contributed by atoms with Gasteiger partial charge in [0.2, 0.25) is 11.8 Å². The van der Waals surface area contributed by atoms with E-state index in [1.165, 1.54) is 0 Å². The second kappa shape index (κ2) is 6.34. The first-order valence-corrected chi connectivity index (χ1v) is 8.48. The minimum Gasteiger partial charge on any atom is -0.296 e. The lowest BCUT2D eigenvalue weighted by atomic mass is 9.76. The van der Waals surface area contributed by atoms with Crippen molar-refractivity contribution < 1.29 is 9.59 Å². The highest BCUT2D eigenvalue weighted by Crippen LogP contribution is 2.39. The zero-order valence-corrected chi connectivity index (χ0v) is 14.7. The molecule has 1 saturated heterocycles. The first kappa shape index (κ1) is 15.4. The van der Waals surface area contributed by atoms with E-state index in [9.17, 15) is 9.59 Å². The summed E-state index contributed by atoms with van der Waals surface area (Å²) in [4.78, 5) is 24.2. The van der Waals surface area contributed by atoms with Gasteiger partial charge in [0.05, 0.1) is 5.92 Å². The number of benzene rings is 2. The van der Waals surface area contributed by atoms with E-state index in [0.29, 0.717) is 6.42 Å². The van der Waals surface area contributed by atoms with Gasteiger partial charge in [-0.15, -0.1) is 0 Å². The summed E-state index contributed by atoms with van der Waals surface area (Å²) in [7, 11) is 0. The van der Waals surface area contributed by atoms with Gasteiger partial charge in [-0.05, 0) is 35.4 Å². The standard InChI is InChI=1S/C17H13Br2NO2/c18-12-5-1-10(2-6-12)14-9-15(21)20-17(22)16(14)11-3-7-13(19)8-4-11/h1-8,14,16H,9H2,(H,20,21,22). The number of carbonyl (C=O) groups excluding carboxylic acids is 2. The van der Waals surface area contributed by atoms with E-state index in [4.69, 9.17) is 0 Å². The number of amides is 2. The third-order valence-corrected chi connectivity index (χ3v) is 4.94. The molecular weight excluding hydrogens is 410 g/mol. The third-order valence-electron chi connectivity index (χ3n) is 3.88. The van der Waals surface area contributed by atoms with Crippen molar-refractivity contribution >= 4 is 43.7 Å². The molecule has 2 aromatic rings. The van der Waals surface area contributed by atoms with Crippen molar-refractivity contribution in [1.29, 1.82) is 0 Å². The number of nitrogens with one attached hydrogen (secondary N) is 1. The number of carbonyl (C=O) groups is 2. The maximum Gasteiger partial charge on any atom is 0.234 e. The molecule has 1 N–H and O–H groups in total. The van der Waals surface area contributed by atoms with Gasteiger partial charge in [-0.2, -0.15) is 0 Å². The molecule has 3 nitrogen and oxygen atoms in total. The molecule has 1 aliphatic rings. The van der Waals surface area contributed by atoms with Crippen molar-refractivity contribution in [3.05, 3.63) is 68.6 Å². The molecule has 2 unspecified atom stereocenters. The number of rotatable bonds is 2. The largest absolute Gasteiger partial charge is 0.296 e. The monoisotopic (exact) mass is 421 g/mol. The fourth-order valence-corrected chi connectivity index (χ4v) is 3.37. The van der Waals surface area contributed by atoms with Crippen LogP contribution in [0.1, 0.15) is 29.4 Å². The molecule has 0 aromatic heterocycles. The van der Waals surface area contributed by atoms with Crippen LogP contribution in [-0.2, 0) is 9.59 Å². The Morgan fingerprint density at radius 3 is 1.86 bits per heavy atom. The maximum absolute atomic E-state index is 12.4. The van der Waals surface area contributed by atoms with Crippen LogP contribution >= 0.6 is 31.9 Å². The molecule has 5 heteroatoms. The first-order valence-electron chi connectivity index (χ1n) is 6.89. The number of hydrogen-bond acceptors (Lipinski definition) is 2. The molecule has 2 aromatic carbocycles. The van der Waals surface area contributed by atoms with Gasteiger partial charge in [-0.3, -0.25) is 14.9 Å². The summed E-state index contributed by atoms with van der Waals surface area (Å²) < 4.78 is 1.94. The predicted molar refractivity (Wildman–Crippen MR) is 91.5 cm³/mol. The van der Waals surface area contributed by atoms with E-state index >= 15 is 0 Å². The van der Waals surface area contributed by atoms with E-state index in [2.05, 4.69) is 37.2 Å². The average molecular weight is 423 g/mol. The van der Waals surface area contributed by atoms with Crippen LogP contribution in [0.2, 0.25) is 0 Å². The lowest BCUT2D eigenvalue weighted by Crippen LogP contribution is -2.43. The van der Waals surface area contributed by atoms with Gasteiger partial charge in [0, 0.05) is 21.3 Å². The van der Waals surface area contributed by atoms with Crippen LogP contribution < -0.4 is 5.32 Å². The fourth-order valence-electron chi connectivity index (χ4n) is 2.84. The number of imide groups is 1. The van der Waals surface area contributed by atoms with Crippen molar-refractivity contribution in [2.45, 2.75) is 18.3 Å². The van der Waals surface area contributed by atoms with E-state index in [0.717, 1.165) is 20.1 Å². The van der Waals surface area contributed by atoms with Crippen LogP contribution in [-0.4, -0.2) is 11.8 Å². The lowest BCUT2D eigenvalue weighted by Gasteiger charge is -2.30. The smallest absolute Gasteiger partial charge is 0.234 e. The van der Waals surface area contributed by atoms with Crippen LogP contribution in [0.4, 0.5) is 0 Å². The summed E-state index contributed by atoms with van der Waals surface area (Å²) >= 11 is 6.81. The van der Waals surface area contributed by atoms with Crippen molar-refractivity contribution in [3.63, 3.8) is 0 Å². The zero-order valence-electron chi connectivity index (χ0n) is 11.6. The Kier molecular flexibility index (Phi) is 4.45. The second-order valence-corrected chi connectivity index (χ2v) is 7.14. The molecule has 22 heavy (non-hydrogen) atoms.